The monoisotopic (exact) mass is 210 g/mol. The van der Waals surface area contributed by atoms with E-state index in [0.717, 1.165) is 5.75 Å². The first-order valence-corrected chi connectivity index (χ1v) is 8.92. The number of rotatable bonds is 3. The highest BCUT2D eigenvalue weighted by atomic mass is 32.1. The van der Waals surface area contributed by atoms with Gasteiger partial charge in [-0.1, -0.05) is 50.0 Å². The highest BCUT2D eigenvalue weighted by Gasteiger charge is 2.26. The molecule has 0 N–H and O–H groups in total. The summed E-state index contributed by atoms with van der Waals surface area (Å²) in [6, 6.07) is 10.7. The van der Waals surface area contributed by atoms with Crippen LogP contribution >= 0.6 is 12.6 Å². The van der Waals surface area contributed by atoms with Crippen LogP contribution in [-0.4, -0.2) is 13.8 Å². The van der Waals surface area contributed by atoms with Gasteiger partial charge in [-0.25, -0.2) is 0 Å². The Labute approximate surface area is 87.8 Å². The first kappa shape index (κ1) is 10.9. The highest BCUT2D eigenvalue weighted by molar-refractivity contribution is 7.80. The standard InChI is InChI=1S/C11H18SSi/c1-13(2,3)11(9-12)10-7-5-4-6-8-10/h4-8,11-12H,9H2,1-3H3. The Morgan fingerprint density at radius 3 is 2.08 bits per heavy atom. The zero-order valence-corrected chi connectivity index (χ0v) is 10.5. The van der Waals surface area contributed by atoms with Crippen molar-refractivity contribution in [3.05, 3.63) is 35.9 Å². The molecule has 1 rings (SSSR count). The minimum Gasteiger partial charge on any atom is -0.179 e. The molecule has 0 fully saturated rings. The molecule has 0 spiro atoms. The normalized spacial score (nSPS) is 14.2. The van der Waals surface area contributed by atoms with Crippen molar-refractivity contribution in [1.29, 1.82) is 0 Å². The molecule has 72 valence electrons. The Morgan fingerprint density at radius 2 is 1.69 bits per heavy atom. The highest BCUT2D eigenvalue weighted by Crippen LogP contribution is 2.27. The molecule has 1 unspecified atom stereocenters. The van der Waals surface area contributed by atoms with Gasteiger partial charge in [-0.15, -0.1) is 0 Å². The van der Waals surface area contributed by atoms with Crippen LogP contribution in [-0.2, 0) is 0 Å². The van der Waals surface area contributed by atoms with Gasteiger partial charge in [0.2, 0.25) is 0 Å². The van der Waals surface area contributed by atoms with E-state index in [-0.39, 0.29) is 0 Å². The Balaban J connectivity index is 2.92. The smallest absolute Gasteiger partial charge is 0.0531 e. The lowest BCUT2D eigenvalue weighted by Crippen LogP contribution is -2.32. The molecule has 0 aliphatic heterocycles. The van der Waals surface area contributed by atoms with Gasteiger partial charge in [0.15, 0.2) is 0 Å². The Hall–Kier alpha value is -0.213. The molecule has 0 saturated carbocycles. The zero-order chi connectivity index (χ0) is 9.90. The van der Waals surface area contributed by atoms with Crippen LogP contribution < -0.4 is 0 Å². The van der Waals surface area contributed by atoms with E-state index >= 15 is 0 Å². The molecule has 0 saturated heterocycles. The first-order valence-electron chi connectivity index (χ1n) is 4.71. The van der Waals surface area contributed by atoms with Crippen molar-refractivity contribution in [3.63, 3.8) is 0 Å². The van der Waals surface area contributed by atoms with Gasteiger partial charge >= 0.3 is 0 Å². The third-order valence-corrected chi connectivity index (χ3v) is 5.77. The van der Waals surface area contributed by atoms with Gasteiger partial charge in [-0.05, 0) is 16.9 Å². The van der Waals surface area contributed by atoms with Gasteiger partial charge in [0.05, 0.1) is 8.07 Å². The minimum atomic E-state index is -1.10. The molecule has 0 nitrogen and oxygen atoms in total. The molecule has 0 heterocycles. The maximum Gasteiger partial charge on any atom is 0.0531 e. The zero-order valence-electron chi connectivity index (χ0n) is 8.62. The summed E-state index contributed by atoms with van der Waals surface area (Å²) in [7, 11) is -1.10. The molecule has 0 bridgehead atoms. The number of benzene rings is 1. The van der Waals surface area contributed by atoms with Gasteiger partial charge in [-0.2, -0.15) is 12.6 Å². The summed E-state index contributed by atoms with van der Waals surface area (Å²) in [5.41, 5.74) is 2.13. The van der Waals surface area contributed by atoms with E-state index in [1.54, 1.807) is 0 Å². The molecule has 0 aliphatic carbocycles. The number of hydrogen-bond acceptors (Lipinski definition) is 1. The van der Waals surface area contributed by atoms with Gasteiger partial charge in [0, 0.05) is 0 Å². The summed E-state index contributed by atoms with van der Waals surface area (Å²) in [5.74, 6) is 0.972. The van der Waals surface area contributed by atoms with Gasteiger partial charge < -0.3 is 0 Å². The van der Waals surface area contributed by atoms with Gasteiger partial charge in [-0.3, -0.25) is 0 Å². The second-order valence-corrected chi connectivity index (χ2v) is 10.3. The van der Waals surface area contributed by atoms with Crippen LogP contribution in [0, 0.1) is 0 Å². The largest absolute Gasteiger partial charge is 0.179 e. The van der Waals surface area contributed by atoms with Crippen LogP contribution in [0.4, 0.5) is 0 Å². The van der Waals surface area contributed by atoms with Crippen molar-refractivity contribution in [3.8, 4) is 0 Å². The lowest BCUT2D eigenvalue weighted by atomic mass is 10.2. The van der Waals surface area contributed by atoms with E-state index in [9.17, 15) is 0 Å². The number of thiol groups is 1. The molecule has 0 aromatic heterocycles. The third-order valence-electron chi connectivity index (χ3n) is 2.43. The average Bonchev–Trinajstić information content (AvgIpc) is 2.05. The summed E-state index contributed by atoms with van der Waals surface area (Å²) in [5, 5.41) is 0. The van der Waals surface area contributed by atoms with E-state index in [1.807, 2.05) is 0 Å². The first-order chi connectivity index (χ1) is 6.05. The predicted octanol–water partition coefficient (Wildman–Crippen LogP) is 3.58. The van der Waals surface area contributed by atoms with E-state index in [2.05, 4.69) is 62.6 Å². The van der Waals surface area contributed by atoms with Crippen molar-refractivity contribution in [2.75, 3.05) is 5.75 Å². The second-order valence-electron chi connectivity index (χ2n) is 4.51. The van der Waals surface area contributed by atoms with E-state index in [1.165, 1.54) is 5.56 Å². The van der Waals surface area contributed by atoms with Crippen LogP contribution in [0.3, 0.4) is 0 Å². The van der Waals surface area contributed by atoms with Crippen molar-refractivity contribution in [2.24, 2.45) is 0 Å². The van der Waals surface area contributed by atoms with Crippen molar-refractivity contribution in [2.45, 2.75) is 25.2 Å². The third kappa shape index (κ3) is 2.88. The van der Waals surface area contributed by atoms with E-state index in [0.29, 0.717) is 5.54 Å². The maximum atomic E-state index is 4.46. The molecular formula is C11H18SSi. The van der Waals surface area contributed by atoms with Crippen LogP contribution in [0.15, 0.2) is 30.3 Å². The average molecular weight is 210 g/mol. The fraction of sp³-hybridized carbons (Fsp3) is 0.455. The SMILES string of the molecule is C[Si](C)(C)C(CS)c1ccccc1. The molecule has 0 radical (unpaired) electrons. The lowest BCUT2D eigenvalue weighted by molar-refractivity contribution is 1.04. The Kier molecular flexibility index (Phi) is 3.62. The molecule has 2 heteroatoms. The van der Waals surface area contributed by atoms with Crippen molar-refractivity contribution >= 4 is 20.7 Å². The lowest BCUT2D eigenvalue weighted by Gasteiger charge is -2.27. The fourth-order valence-corrected chi connectivity index (χ4v) is 5.16. The maximum absolute atomic E-state index is 4.46. The summed E-state index contributed by atoms with van der Waals surface area (Å²) in [4.78, 5) is 0. The Bertz CT molecular complexity index is 251. The summed E-state index contributed by atoms with van der Waals surface area (Å²) in [6.07, 6.45) is 0. The molecular weight excluding hydrogens is 192 g/mol. The van der Waals surface area contributed by atoms with Crippen LogP contribution in [0.1, 0.15) is 11.1 Å². The predicted molar refractivity (Wildman–Crippen MR) is 66.4 cm³/mol. The van der Waals surface area contributed by atoms with Crippen LogP contribution in [0.2, 0.25) is 19.6 Å². The van der Waals surface area contributed by atoms with E-state index in [4.69, 9.17) is 0 Å². The summed E-state index contributed by atoms with van der Waals surface area (Å²) < 4.78 is 0. The molecule has 0 amide bonds. The van der Waals surface area contributed by atoms with Gasteiger partial charge in [0.25, 0.3) is 0 Å². The molecule has 13 heavy (non-hydrogen) atoms. The molecule has 1 aromatic carbocycles. The fourth-order valence-electron chi connectivity index (χ4n) is 1.56. The van der Waals surface area contributed by atoms with Crippen LogP contribution in [0.25, 0.3) is 0 Å². The van der Waals surface area contributed by atoms with E-state index < -0.39 is 8.07 Å². The topological polar surface area (TPSA) is 0 Å². The molecule has 1 aromatic rings. The summed E-state index contributed by atoms with van der Waals surface area (Å²) >= 11 is 4.46. The Morgan fingerprint density at radius 1 is 1.15 bits per heavy atom. The second kappa shape index (κ2) is 4.34. The molecule has 1 atom stereocenters. The van der Waals surface area contributed by atoms with Crippen molar-refractivity contribution < 1.29 is 0 Å². The number of hydrogen-bond donors (Lipinski definition) is 1. The molecule has 0 aliphatic rings. The van der Waals surface area contributed by atoms with Gasteiger partial charge in [0.1, 0.15) is 0 Å². The quantitative estimate of drug-likeness (QED) is 0.572. The van der Waals surface area contributed by atoms with Crippen molar-refractivity contribution in [1.82, 2.24) is 0 Å². The minimum absolute atomic E-state index is 0.678. The summed E-state index contributed by atoms with van der Waals surface area (Å²) in [6.45, 7) is 7.21. The van der Waals surface area contributed by atoms with Crippen LogP contribution in [0.5, 0.6) is 0 Å².